The summed E-state index contributed by atoms with van der Waals surface area (Å²) in [6.45, 7) is 0.274. The zero-order chi connectivity index (χ0) is 17.4. The molecule has 1 aromatic carbocycles. The number of nitrogen functional groups attached to an aromatic ring is 1. The van der Waals surface area contributed by atoms with Crippen molar-refractivity contribution in [2.45, 2.75) is 6.54 Å². The van der Waals surface area contributed by atoms with Gasteiger partial charge in [-0.2, -0.15) is 0 Å². The van der Waals surface area contributed by atoms with Crippen molar-refractivity contribution in [3.63, 3.8) is 0 Å². The number of benzene rings is 1. The van der Waals surface area contributed by atoms with Gasteiger partial charge in [0, 0.05) is 17.8 Å². The molecule has 0 saturated carbocycles. The normalized spacial score (nSPS) is 11.1. The van der Waals surface area contributed by atoms with Crippen molar-refractivity contribution < 1.29 is 9.18 Å². The van der Waals surface area contributed by atoms with Crippen LogP contribution in [0.5, 0.6) is 0 Å². The highest BCUT2D eigenvalue weighted by atomic mass is 19.1. The van der Waals surface area contributed by atoms with Crippen LogP contribution in [-0.2, 0) is 6.54 Å². The van der Waals surface area contributed by atoms with E-state index in [2.05, 4.69) is 20.3 Å². The van der Waals surface area contributed by atoms with E-state index in [1.54, 1.807) is 24.4 Å². The van der Waals surface area contributed by atoms with Crippen LogP contribution in [0.15, 0.2) is 48.8 Å². The Bertz CT molecular complexity index is 1090. The molecule has 0 saturated heterocycles. The fraction of sp³-hybridized carbons (Fsp3) is 0.0588. The second-order valence-electron chi connectivity index (χ2n) is 5.43. The van der Waals surface area contributed by atoms with E-state index in [-0.39, 0.29) is 29.6 Å². The molecule has 3 heterocycles. The van der Waals surface area contributed by atoms with Crippen LogP contribution in [0.25, 0.3) is 16.6 Å². The Kier molecular flexibility index (Phi) is 3.50. The molecule has 0 radical (unpaired) electrons. The lowest BCUT2D eigenvalue weighted by Crippen LogP contribution is -2.23. The first-order chi connectivity index (χ1) is 12.1. The molecular formula is C17H13FN6O. The molecule has 4 aromatic rings. The monoisotopic (exact) mass is 336 g/mol. The van der Waals surface area contributed by atoms with Crippen LogP contribution in [0.1, 0.15) is 16.2 Å². The van der Waals surface area contributed by atoms with Gasteiger partial charge in [0.15, 0.2) is 0 Å². The van der Waals surface area contributed by atoms with Crippen molar-refractivity contribution >= 4 is 28.4 Å². The Labute approximate surface area is 141 Å². The van der Waals surface area contributed by atoms with Crippen molar-refractivity contribution in [1.29, 1.82) is 0 Å². The molecule has 0 aliphatic heterocycles. The topological polar surface area (TPSA) is 98.2 Å². The summed E-state index contributed by atoms with van der Waals surface area (Å²) < 4.78 is 15.4. The smallest absolute Gasteiger partial charge is 0.271 e. The number of nitrogens with zero attached hydrogens (tertiary/aromatic N) is 4. The van der Waals surface area contributed by atoms with Crippen LogP contribution in [0.4, 0.5) is 10.3 Å². The van der Waals surface area contributed by atoms with Crippen LogP contribution in [0.3, 0.4) is 0 Å². The van der Waals surface area contributed by atoms with Gasteiger partial charge in [-0.15, -0.1) is 0 Å². The quantitative estimate of drug-likeness (QED) is 0.596. The molecule has 7 nitrogen and oxygen atoms in total. The lowest BCUT2D eigenvalue weighted by Gasteiger charge is -2.03. The Balaban J connectivity index is 1.71. The summed E-state index contributed by atoms with van der Waals surface area (Å²) in [5.41, 5.74) is 7.27. The molecular weight excluding hydrogens is 323 g/mol. The first kappa shape index (κ1) is 15.0. The number of hydrogen-bond acceptors (Lipinski definition) is 5. The average Bonchev–Trinajstić information content (AvgIpc) is 3.08. The summed E-state index contributed by atoms with van der Waals surface area (Å²) in [7, 11) is 0. The first-order valence-electron chi connectivity index (χ1n) is 7.54. The summed E-state index contributed by atoms with van der Waals surface area (Å²) >= 11 is 0. The van der Waals surface area contributed by atoms with Crippen LogP contribution < -0.4 is 11.1 Å². The molecule has 0 aliphatic carbocycles. The summed E-state index contributed by atoms with van der Waals surface area (Å²) in [6.07, 6.45) is 3.13. The van der Waals surface area contributed by atoms with Gasteiger partial charge in [-0.1, -0.05) is 12.1 Å². The van der Waals surface area contributed by atoms with Crippen molar-refractivity contribution in [3.05, 3.63) is 66.0 Å². The van der Waals surface area contributed by atoms with E-state index >= 15 is 0 Å². The van der Waals surface area contributed by atoms with E-state index in [9.17, 15) is 9.18 Å². The number of pyridine rings is 1. The first-order valence-corrected chi connectivity index (χ1v) is 7.54. The second kappa shape index (κ2) is 5.82. The average molecular weight is 336 g/mol. The molecule has 0 spiro atoms. The molecule has 25 heavy (non-hydrogen) atoms. The van der Waals surface area contributed by atoms with Gasteiger partial charge in [-0.3, -0.25) is 14.2 Å². The summed E-state index contributed by atoms with van der Waals surface area (Å²) in [5, 5.41) is 3.23. The van der Waals surface area contributed by atoms with Crippen LogP contribution in [0.2, 0.25) is 0 Å². The number of aromatic nitrogens is 4. The van der Waals surface area contributed by atoms with Crippen molar-refractivity contribution in [2.24, 2.45) is 0 Å². The van der Waals surface area contributed by atoms with Crippen LogP contribution in [-0.4, -0.2) is 25.3 Å². The maximum absolute atomic E-state index is 13.9. The lowest BCUT2D eigenvalue weighted by molar-refractivity contribution is 0.0946. The van der Waals surface area contributed by atoms with E-state index in [4.69, 9.17) is 5.73 Å². The minimum atomic E-state index is -0.490. The number of imidazole rings is 1. The number of anilines is 1. The summed E-state index contributed by atoms with van der Waals surface area (Å²) in [4.78, 5) is 24.8. The van der Waals surface area contributed by atoms with Crippen molar-refractivity contribution in [3.8, 4) is 0 Å². The maximum atomic E-state index is 13.9. The van der Waals surface area contributed by atoms with Gasteiger partial charge in [-0.25, -0.2) is 14.4 Å². The minimum Gasteiger partial charge on any atom is -0.369 e. The maximum Gasteiger partial charge on any atom is 0.271 e. The molecule has 124 valence electrons. The second-order valence-corrected chi connectivity index (χ2v) is 5.43. The number of carbonyl (C=O) groups excluding carboxylic acids is 1. The van der Waals surface area contributed by atoms with E-state index in [1.165, 1.54) is 16.7 Å². The number of rotatable bonds is 3. The Morgan fingerprint density at radius 1 is 1.20 bits per heavy atom. The van der Waals surface area contributed by atoms with Gasteiger partial charge in [0.2, 0.25) is 5.95 Å². The number of nitrogens with one attached hydrogen (secondary N) is 1. The van der Waals surface area contributed by atoms with Crippen LogP contribution in [0, 0.1) is 5.82 Å². The molecule has 8 heteroatoms. The molecule has 3 N–H and O–H groups in total. The number of amides is 1. The Hall–Kier alpha value is -3.55. The van der Waals surface area contributed by atoms with E-state index < -0.39 is 5.82 Å². The fourth-order valence-electron chi connectivity index (χ4n) is 2.60. The van der Waals surface area contributed by atoms with Gasteiger partial charge >= 0.3 is 0 Å². The zero-order valence-corrected chi connectivity index (χ0v) is 13.0. The zero-order valence-electron chi connectivity index (χ0n) is 13.0. The highest BCUT2D eigenvalue weighted by molar-refractivity contribution is 5.97. The molecule has 0 fully saturated rings. The van der Waals surface area contributed by atoms with E-state index in [0.717, 1.165) is 5.69 Å². The molecule has 3 aromatic heterocycles. The third kappa shape index (κ3) is 2.63. The van der Waals surface area contributed by atoms with Gasteiger partial charge in [0.25, 0.3) is 5.91 Å². The number of hydrogen-bond donors (Lipinski definition) is 2. The van der Waals surface area contributed by atoms with Gasteiger partial charge in [-0.05, 0) is 24.3 Å². The van der Waals surface area contributed by atoms with Crippen molar-refractivity contribution in [2.75, 3.05) is 5.73 Å². The predicted octanol–water partition coefficient (Wildman–Crippen LogP) is 1.93. The number of nitrogens with two attached hydrogens (primary N) is 1. The molecule has 1 amide bonds. The fourth-order valence-corrected chi connectivity index (χ4v) is 2.60. The van der Waals surface area contributed by atoms with Gasteiger partial charge in [0.1, 0.15) is 22.7 Å². The van der Waals surface area contributed by atoms with Gasteiger partial charge in [0.05, 0.1) is 12.2 Å². The minimum absolute atomic E-state index is 0.0591. The molecule has 0 atom stereocenters. The SMILES string of the molecule is Nc1nc2c(F)cccc2c2nc(C(=O)NCc3ccccn3)cn12. The third-order valence-corrected chi connectivity index (χ3v) is 3.80. The van der Waals surface area contributed by atoms with Gasteiger partial charge < -0.3 is 11.1 Å². The summed E-state index contributed by atoms with van der Waals surface area (Å²) in [5.74, 6) is -0.807. The van der Waals surface area contributed by atoms with Crippen molar-refractivity contribution in [1.82, 2.24) is 24.7 Å². The number of fused-ring (bicyclic) bond motifs is 3. The molecule has 0 unspecified atom stereocenters. The lowest BCUT2D eigenvalue weighted by atomic mass is 10.2. The predicted molar refractivity (Wildman–Crippen MR) is 90.3 cm³/mol. The standard InChI is InChI=1S/C17H13FN6O/c18-12-6-3-5-11-14(12)23-17(19)24-9-13(22-15(11)24)16(25)21-8-10-4-1-2-7-20-10/h1-7,9H,8H2,(H2,19,23)(H,21,25). The largest absolute Gasteiger partial charge is 0.369 e. The third-order valence-electron chi connectivity index (χ3n) is 3.80. The highest BCUT2D eigenvalue weighted by Gasteiger charge is 2.16. The molecule has 4 rings (SSSR count). The number of para-hydroxylation sites is 1. The number of carbonyl (C=O) groups is 1. The number of halogens is 1. The molecule has 0 aliphatic rings. The Morgan fingerprint density at radius 3 is 2.88 bits per heavy atom. The van der Waals surface area contributed by atoms with Crippen LogP contribution >= 0.6 is 0 Å². The molecule has 0 bridgehead atoms. The van der Waals surface area contributed by atoms with E-state index in [0.29, 0.717) is 11.0 Å². The Morgan fingerprint density at radius 2 is 2.08 bits per heavy atom. The van der Waals surface area contributed by atoms with E-state index in [1.807, 2.05) is 12.1 Å². The highest BCUT2D eigenvalue weighted by Crippen LogP contribution is 2.22. The summed E-state index contributed by atoms with van der Waals surface area (Å²) in [6, 6.07) is 9.99.